The predicted molar refractivity (Wildman–Crippen MR) is 72.8 cm³/mol. The number of hydrogen-bond donors (Lipinski definition) is 2. The Bertz CT molecular complexity index is 387. The molecule has 0 aliphatic heterocycles. The number of halogens is 1. The van der Waals surface area contributed by atoms with E-state index in [-0.39, 0.29) is 6.04 Å². The highest BCUT2D eigenvalue weighted by Crippen LogP contribution is 2.21. The second-order valence-electron chi connectivity index (χ2n) is 4.09. The molecule has 0 saturated heterocycles. The van der Waals surface area contributed by atoms with Crippen molar-refractivity contribution >= 4 is 22.4 Å². The maximum absolute atomic E-state index is 11.0. The van der Waals surface area contributed by atoms with E-state index in [0.717, 1.165) is 0 Å². The van der Waals surface area contributed by atoms with Crippen molar-refractivity contribution in [3.05, 3.63) is 34.9 Å². The van der Waals surface area contributed by atoms with Gasteiger partial charge in [-0.2, -0.15) is 0 Å². The van der Waals surface area contributed by atoms with Crippen molar-refractivity contribution in [2.75, 3.05) is 18.6 Å². The number of benzene rings is 1. The molecule has 0 amide bonds. The van der Waals surface area contributed by atoms with Gasteiger partial charge in [0, 0.05) is 46.0 Å². The Hall–Kier alpha value is -0.420. The molecule has 0 bridgehead atoms. The molecule has 0 aliphatic rings. The summed E-state index contributed by atoms with van der Waals surface area (Å²) in [7, 11) is -0.829. The van der Waals surface area contributed by atoms with Gasteiger partial charge in [-0.15, -0.1) is 0 Å². The Labute approximate surface area is 110 Å². The third-order valence-electron chi connectivity index (χ3n) is 2.41. The molecule has 0 heterocycles. The zero-order valence-corrected chi connectivity index (χ0v) is 11.6. The maximum Gasteiger partial charge on any atom is 0.0928 e. The van der Waals surface area contributed by atoms with Gasteiger partial charge in [-0.3, -0.25) is 4.21 Å². The third-order valence-corrected chi connectivity index (χ3v) is 3.72. The van der Waals surface area contributed by atoms with E-state index >= 15 is 0 Å². The first kappa shape index (κ1) is 14.6. The van der Waals surface area contributed by atoms with Crippen LogP contribution >= 0.6 is 11.6 Å². The van der Waals surface area contributed by atoms with Gasteiger partial charge in [0.15, 0.2) is 0 Å². The van der Waals surface area contributed by atoms with Crippen LogP contribution in [0.3, 0.4) is 0 Å². The van der Waals surface area contributed by atoms with Gasteiger partial charge in [0.25, 0.3) is 0 Å². The molecule has 1 aromatic carbocycles. The summed E-state index contributed by atoms with van der Waals surface area (Å²) < 4.78 is 11.0. The van der Waals surface area contributed by atoms with Gasteiger partial charge in [0.1, 0.15) is 0 Å². The molecule has 0 fully saturated rings. The van der Waals surface area contributed by atoms with Crippen LogP contribution in [0, 0.1) is 0 Å². The monoisotopic (exact) mass is 275 g/mol. The minimum atomic E-state index is -0.829. The van der Waals surface area contributed by atoms with Gasteiger partial charge in [-0.25, -0.2) is 0 Å². The first-order valence-electron chi connectivity index (χ1n) is 5.46. The van der Waals surface area contributed by atoms with E-state index in [2.05, 4.69) is 5.32 Å². The Balaban J connectivity index is 2.47. The van der Waals surface area contributed by atoms with Gasteiger partial charge >= 0.3 is 0 Å². The molecule has 3 nitrogen and oxygen atoms in total. The van der Waals surface area contributed by atoms with E-state index in [1.807, 2.05) is 19.1 Å². The van der Waals surface area contributed by atoms with E-state index in [1.165, 1.54) is 0 Å². The summed E-state index contributed by atoms with van der Waals surface area (Å²) in [6.07, 6.45) is 1.03. The van der Waals surface area contributed by atoms with Gasteiger partial charge in [-0.1, -0.05) is 29.8 Å². The van der Waals surface area contributed by atoms with Crippen LogP contribution in [0.2, 0.25) is 5.02 Å². The molecular weight excluding hydrogens is 258 g/mol. The first-order valence-corrected chi connectivity index (χ1v) is 7.57. The summed E-state index contributed by atoms with van der Waals surface area (Å²) in [6, 6.07) is 7.34. The molecule has 3 atom stereocenters. The number of nitrogens with one attached hydrogen (secondary N) is 1. The Kier molecular flexibility index (Phi) is 6.12. The lowest BCUT2D eigenvalue weighted by Gasteiger charge is -2.17. The fourth-order valence-corrected chi connectivity index (χ4v) is 2.66. The smallest absolute Gasteiger partial charge is 0.0928 e. The standard InChI is InChI=1S/C12H18ClNO2S/c1-9(8-17(2)16)14-7-12(15)10-5-3-4-6-11(10)13/h3-6,9,12,14-15H,7-8H2,1-2H3. The van der Waals surface area contributed by atoms with E-state index in [0.29, 0.717) is 22.9 Å². The van der Waals surface area contributed by atoms with Crippen molar-refractivity contribution in [2.45, 2.75) is 19.1 Å². The third kappa shape index (κ3) is 5.17. The lowest BCUT2D eigenvalue weighted by atomic mass is 10.1. The molecule has 0 saturated carbocycles. The molecule has 3 unspecified atom stereocenters. The van der Waals surface area contributed by atoms with Gasteiger partial charge < -0.3 is 10.4 Å². The van der Waals surface area contributed by atoms with Gasteiger partial charge in [-0.05, 0) is 13.0 Å². The van der Waals surface area contributed by atoms with Crippen molar-refractivity contribution in [2.24, 2.45) is 0 Å². The van der Waals surface area contributed by atoms with E-state index in [1.54, 1.807) is 18.4 Å². The topological polar surface area (TPSA) is 49.3 Å². The van der Waals surface area contributed by atoms with Crippen LogP contribution in [0.5, 0.6) is 0 Å². The molecular formula is C12H18ClNO2S. The van der Waals surface area contributed by atoms with Crippen molar-refractivity contribution in [3.63, 3.8) is 0 Å². The molecule has 17 heavy (non-hydrogen) atoms. The van der Waals surface area contributed by atoms with Crippen LogP contribution in [0.25, 0.3) is 0 Å². The lowest BCUT2D eigenvalue weighted by molar-refractivity contribution is 0.172. The molecule has 0 aliphatic carbocycles. The average molecular weight is 276 g/mol. The molecule has 0 aromatic heterocycles. The minimum absolute atomic E-state index is 0.109. The Morgan fingerprint density at radius 1 is 1.47 bits per heavy atom. The van der Waals surface area contributed by atoms with Crippen LogP contribution in [-0.2, 0) is 10.8 Å². The van der Waals surface area contributed by atoms with Crippen molar-refractivity contribution in [3.8, 4) is 0 Å². The fraction of sp³-hybridized carbons (Fsp3) is 0.500. The fourth-order valence-electron chi connectivity index (χ4n) is 1.58. The highest BCUT2D eigenvalue weighted by atomic mass is 35.5. The Morgan fingerprint density at radius 2 is 2.12 bits per heavy atom. The average Bonchev–Trinajstić information content (AvgIpc) is 2.25. The number of aliphatic hydroxyl groups is 1. The summed E-state index contributed by atoms with van der Waals surface area (Å²) in [5.41, 5.74) is 0.714. The van der Waals surface area contributed by atoms with E-state index in [9.17, 15) is 9.32 Å². The number of rotatable bonds is 6. The highest BCUT2D eigenvalue weighted by Gasteiger charge is 2.12. The second kappa shape index (κ2) is 7.11. The summed E-state index contributed by atoms with van der Waals surface area (Å²) in [5.74, 6) is 0.579. The molecule has 1 rings (SSSR count). The lowest BCUT2D eigenvalue weighted by Crippen LogP contribution is -2.34. The largest absolute Gasteiger partial charge is 0.387 e. The van der Waals surface area contributed by atoms with Gasteiger partial charge in [0.2, 0.25) is 0 Å². The quantitative estimate of drug-likeness (QED) is 0.831. The normalized spacial score (nSPS) is 16.5. The molecule has 96 valence electrons. The predicted octanol–water partition coefficient (Wildman–Crippen LogP) is 1.73. The molecule has 0 radical (unpaired) electrons. The second-order valence-corrected chi connectivity index (χ2v) is 5.97. The highest BCUT2D eigenvalue weighted by molar-refractivity contribution is 7.84. The van der Waals surface area contributed by atoms with Crippen LogP contribution < -0.4 is 5.32 Å². The van der Waals surface area contributed by atoms with Crippen LogP contribution in [0.1, 0.15) is 18.6 Å². The van der Waals surface area contributed by atoms with Crippen molar-refractivity contribution < 1.29 is 9.32 Å². The van der Waals surface area contributed by atoms with Crippen LogP contribution in [0.15, 0.2) is 24.3 Å². The summed E-state index contributed by atoms with van der Waals surface area (Å²) >= 11 is 5.98. The number of aliphatic hydroxyl groups excluding tert-OH is 1. The zero-order chi connectivity index (χ0) is 12.8. The molecule has 2 N–H and O–H groups in total. The van der Waals surface area contributed by atoms with E-state index in [4.69, 9.17) is 11.6 Å². The van der Waals surface area contributed by atoms with Crippen molar-refractivity contribution in [1.82, 2.24) is 5.32 Å². The molecule has 5 heteroatoms. The first-order chi connectivity index (χ1) is 8.00. The SMILES string of the molecule is CC(CS(C)=O)NCC(O)c1ccccc1Cl. The maximum atomic E-state index is 11.0. The van der Waals surface area contributed by atoms with E-state index < -0.39 is 16.9 Å². The Morgan fingerprint density at radius 3 is 2.71 bits per heavy atom. The number of hydrogen-bond acceptors (Lipinski definition) is 3. The van der Waals surface area contributed by atoms with Gasteiger partial charge in [0.05, 0.1) is 6.10 Å². The summed E-state index contributed by atoms with van der Waals surface area (Å²) in [6.45, 7) is 2.35. The molecule has 0 spiro atoms. The van der Waals surface area contributed by atoms with Crippen LogP contribution in [-0.4, -0.2) is 33.9 Å². The van der Waals surface area contributed by atoms with Crippen molar-refractivity contribution in [1.29, 1.82) is 0 Å². The minimum Gasteiger partial charge on any atom is -0.387 e. The van der Waals surface area contributed by atoms with Crippen LogP contribution in [0.4, 0.5) is 0 Å². The zero-order valence-electron chi connectivity index (χ0n) is 10.0. The summed E-state index contributed by atoms with van der Waals surface area (Å²) in [5, 5.41) is 13.7. The molecule has 1 aromatic rings. The summed E-state index contributed by atoms with van der Waals surface area (Å²) in [4.78, 5) is 0.